The van der Waals surface area contributed by atoms with Gasteiger partial charge in [-0.2, -0.15) is 0 Å². The summed E-state index contributed by atoms with van der Waals surface area (Å²) < 4.78 is 22.2. The highest BCUT2D eigenvalue weighted by Crippen LogP contribution is 2.24. The van der Waals surface area contributed by atoms with Crippen LogP contribution in [0.3, 0.4) is 0 Å². The average molecular weight is 719 g/mol. The second-order valence-corrected chi connectivity index (χ2v) is 12.9. The van der Waals surface area contributed by atoms with Gasteiger partial charge in [0, 0.05) is 24.3 Å². The lowest BCUT2D eigenvalue weighted by Crippen LogP contribution is -2.19. The molecule has 0 aliphatic heterocycles. The fourth-order valence-corrected chi connectivity index (χ4v) is 5.53. The summed E-state index contributed by atoms with van der Waals surface area (Å²) in [5.74, 6) is -0.329. The van der Waals surface area contributed by atoms with Gasteiger partial charge in [-0.25, -0.2) is 19.6 Å². The van der Waals surface area contributed by atoms with Gasteiger partial charge in [-0.1, -0.05) is 134 Å². The number of esters is 1. The molecule has 0 unspecified atom stereocenters. The third-order valence-electron chi connectivity index (χ3n) is 8.44. The van der Waals surface area contributed by atoms with E-state index in [-0.39, 0.29) is 29.6 Å². The van der Waals surface area contributed by atoms with Gasteiger partial charge in [-0.05, 0) is 18.4 Å². The average Bonchev–Trinajstić information content (AvgIpc) is 3.15. The Balaban J connectivity index is 1.67. The van der Waals surface area contributed by atoms with Gasteiger partial charge in [0.1, 0.15) is 35.4 Å². The van der Waals surface area contributed by atoms with E-state index >= 15 is 0 Å². The van der Waals surface area contributed by atoms with Crippen molar-refractivity contribution in [2.24, 2.45) is 0 Å². The van der Waals surface area contributed by atoms with Crippen molar-refractivity contribution in [3.05, 3.63) is 71.5 Å². The number of pyridine rings is 2. The summed E-state index contributed by atoms with van der Waals surface area (Å²) in [5.41, 5.74) is 0.724. The van der Waals surface area contributed by atoms with E-state index in [1.807, 2.05) is 30.3 Å². The van der Waals surface area contributed by atoms with Gasteiger partial charge >= 0.3 is 12.1 Å². The lowest BCUT2D eigenvalue weighted by atomic mass is 10.1. The monoisotopic (exact) mass is 718 g/mol. The minimum Gasteiger partial charge on any atom is -0.493 e. The molecule has 3 aromatic rings. The molecule has 0 saturated carbocycles. The molecule has 0 aliphatic carbocycles. The predicted octanol–water partition coefficient (Wildman–Crippen LogP) is 10.3. The zero-order chi connectivity index (χ0) is 37.2. The van der Waals surface area contributed by atoms with Crippen LogP contribution in [0, 0.1) is 0 Å². The zero-order valence-corrected chi connectivity index (χ0v) is 31.4. The summed E-state index contributed by atoms with van der Waals surface area (Å²) in [6, 6.07) is 15.4. The van der Waals surface area contributed by atoms with Gasteiger partial charge in [0.2, 0.25) is 0 Å². The lowest BCUT2D eigenvalue weighted by molar-refractivity contribution is 0.0593. The summed E-state index contributed by atoms with van der Waals surface area (Å²) >= 11 is 0. The van der Waals surface area contributed by atoms with Gasteiger partial charge in [0.25, 0.3) is 5.91 Å². The van der Waals surface area contributed by atoms with E-state index in [9.17, 15) is 14.4 Å². The zero-order valence-electron chi connectivity index (χ0n) is 31.4. The van der Waals surface area contributed by atoms with Crippen LogP contribution < -0.4 is 20.1 Å². The first kappa shape index (κ1) is 41.7. The summed E-state index contributed by atoms with van der Waals surface area (Å²) in [5, 5.41) is 5.36. The van der Waals surface area contributed by atoms with Gasteiger partial charge in [-0.3, -0.25) is 10.1 Å². The molecule has 0 atom stereocenters. The van der Waals surface area contributed by atoms with Gasteiger partial charge < -0.3 is 24.3 Å². The number of ether oxygens (including phenoxy) is 4. The number of anilines is 2. The number of unbranched alkanes of at least 4 members (excludes halogenated alkanes) is 14. The van der Waals surface area contributed by atoms with E-state index < -0.39 is 18.0 Å². The minimum atomic E-state index is -0.709. The smallest absolute Gasteiger partial charge is 0.413 e. The molecule has 52 heavy (non-hydrogen) atoms. The summed E-state index contributed by atoms with van der Waals surface area (Å²) in [7, 11) is 1.25. The molecule has 0 spiro atoms. The van der Waals surface area contributed by atoms with Crippen molar-refractivity contribution >= 4 is 29.6 Å². The van der Waals surface area contributed by atoms with Crippen LogP contribution in [0.2, 0.25) is 0 Å². The molecule has 2 amide bonds. The number of carbonyl (C=O) groups excluding carboxylic acids is 3. The van der Waals surface area contributed by atoms with Crippen LogP contribution in [0.4, 0.5) is 16.4 Å². The molecule has 2 N–H and O–H groups in total. The molecule has 0 fully saturated rings. The first-order valence-electron chi connectivity index (χ1n) is 19.1. The molecule has 0 aliphatic rings. The van der Waals surface area contributed by atoms with Crippen molar-refractivity contribution in [1.82, 2.24) is 9.97 Å². The van der Waals surface area contributed by atoms with Crippen LogP contribution in [0.1, 0.15) is 143 Å². The van der Waals surface area contributed by atoms with Gasteiger partial charge in [-0.15, -0.1) is 0 Å². The Morgan fingerprint density at radius 2 is 1.10 bits per heavy atom. The van der Waals surface area contributed by atoms with E-state index in [1.54, 1.807) is 12.1 Å². The lowest BCUT2D eigenvalue weighted by Gasteiger charge is -2.13. The van der Waals surface area contributed by atoms with Crippen LogP contribution >= 0.6 is 0 Å². The fourth-order valence-electron chi connectivity index (χ4n) is 5.53. The number of carbonyl (C=O) groups is 3. The number of aromatic nitrogens is 2. The van der Waals surface area contributed by atoms with Crippen molar-refractivity contribution in [1.29, 1.82) is 0 Å². The second-order valence-electron chi connectivity index (χ2n) is 12.9. The molecule has 11 nitrogen and oxygen atoms in total. The Bertz CT molecular complexity index is 1490. The minimum absolute atomic E-state index is 0.0556. The van der Waals surface area contributed by atoms with E-state index in [0.29, 0.717) is 24.7 Å². The van der Waals surface area contributed by atoms with Crippen molar-refractivity contribution in [3.8, 4) is 11.5 Å². The van der Waals surface area contributed by atoms with Crippen LogP contribution in [-0.4, -0.2) is 48.3 Å². The summed E-state index contributed by atoms with van der Waals surface area (Å²) in [6.07, 6.45) is 17.9. The molecule has 3 rings (SSSR count). The van der Waals surface area contributed by atoms with Crippen LogP contribution in [-0.2, 0) is 16.1 Å². The van der Waals surface area contributed by atoms with E-state index in [0.717, 1.165) is 44.1 Å². The van der Waals surface area contributed by atoms with E-state index in [1.165, 1.54) is 83.5 Å². The number of rotatable bonds is 26. The Labute approximate surface area is 309 Å². The third-order valence-corrected chi connectivity index (χ3v) is 8.44. The summed E-state index contributed by atoms with van der Waals surface area (Å²) in [6.45, 7) is 5.41. The van der Waals surface area contributed by atoms with Gasteiger partial charge in [0.05, 0.1) is 20.3 Å². The van der Waals surface area contributed by atoms with E-state index in [4.69, 9.17) is 18.9 Å². The van der Waals surface area contributed by atoms with Crippen LogP contribution in [0.15, 0.2) is 54.6 Å². The number of nitrogens with one attached hydrogen (secondary N) is 2. The molecule has 0 bridgehead atoms. The Hall–Kier alpha value is -4.67. The fraction of sp³-hybridized carbons (Fsp3) is 0.537. The van der Waals surface area contributed by atoms with Crippen molar-refractivity contribution in [2.75, 3.05) is 31.0 Å². The number of amides is 2. The topological polar surface area (TPSA) is 138 Å². The maximum absolute atomic E-state index is 13.5. The van der Waals surface area contributed by atoms with Crippen molar-refractivity contribution in [3.63, 3.8) is 0 Å². The Morgan fingerprint density at radius 1 is 0.596 bits per heavy atom. The Morgan fingerprint density at radius 3 is 1.65 bits per heavy atom. The molecule has 11 heteroatoms. The SMILES string of the molecule is CCCCCCCCCCOc1cc(NC(=O)OCc2ccccc2)nc(NC(=O)c2cc(OCCCCCCCCCC)cc(C(=O)OC)n2)c1. The Kier molecular flexibility index (Phi) is 20.3. The number of hydrogen-bond acceptors (Lipinski definition) is 9. The highest BCUT2D eigenvalue weighted by atomic mass is 16.5. The van der Waals surface area contributed by atoms with E-state index in [2.05, 4.69) is 34.4 Å². The van der Waals surface area contributed by atoms with Crippen LogP contribution in [0.25, 0.3) is 0 Å². The maximum atomic E-state index is 13.5. The van der Waals surface area contributed by atoms with Crippen molar-refractivity contribution in [2.45, 2.75) is 123 Å². The highest BCUT2D eigenvalue weighted by Gasteiger charge is 2.18. The normalized spacial score (nSPS) is 10.8. The van der Waals surface area contributed by atoms with Crippen LogP contribution in [0.5, 0.6) is 11.5 Å². The quantitative estimate of drug-likeness (QED) is 0.0613. The number of hydrogen-bond donors (Lipinski definition) is 2. The molecular weight excluding hydrogens is 660 g/mol. The molecular formula is C41H58N4O7. The number of nitrogens with zero attached hydrogens (tertiary/aromatic N) is 2. The number of benzene rings is 1. The first-order chi connectivity index (χ1) is 25.4. The molecule has 284 valence electrons. The van der Waals surface area contributed by atoms with Crippen molar-refractivity contribution < 1.29 is 33.3 Å². The largest absolute Gasteiger partial charge is 0.493 e. The summed E-state index contributed by atoms with van der Waals surface area (Å²) in [4.78, 5) is 47.2. The second kappa shape index (κ2) is 25.3. The third kappa shape index (κ3) is 17.0. The number of methoxy groups -OCH3 is 1. The molecule has 2 aromatic heterocycles. The van der Waals surface area contributed by atoms with Gasteiger partial charge in [0.15, 0.2) is 5.69 Å². The molecule has 2 heterocycles. The maximum Gasteiger partial charge on any atom is 0.413 e. The highest BCUT2D eigenvalue weighted by molar-refractivity contribution is 6.03. The molecule has 0 radical (unpaired) electrons. The molecule has 0 saturated heterocycles. The molecule has 1 aromatic carbocycles. The standard InChI is InChI=1S/C41H58N4O7/c1-4-6-8-10-12-14-16-21-25-50-33-27-35(42-36(28-33)40(47)49-3)39(46)44-37-29-34(51-26-22-17-15-13-11-9-7-5-2)30-38(43-37)45-41(48)52-31-32-23-19-18-20-24-32/h18-20,23-24,27-30H,4-17,21-22,25-26,31H2,1-3H3,(H2,43,44,45,46,48). The first-order valence-corrected chi connectivity index (χ1v) is 19.1. The predicted molar refractivity (Wildman–Crippen MR) is 204 cm³/mol.